The maximum atomic E-state index is 3.82. The minimum absolute atomic E-state index is 0.419. The number of thioether (sulfide) groups is 1. The molecule has 2 heteroatoms. The second-order valence-corrected chi connectivity index (χ2v) is 8.91. The van der Waals surface area contributed by atoms with E-state index in [1.54, 1.807) is 0 Å². The Labute approximate surface area is 134 Å². The molecule has 2 rings (SSSR count). The summed E-state index contributed by atoms with van der Waals surface area (Å²) in [5.41, 5.74) is 2.12. The Kier molecular flexibility index (Phi) is 5.08. The molecule has 1 nitrogen and oxygen atoms in total. The van der Waals surface area contributed by atoms with Crippen LogP contribution in [-0.4, -0.2) is 11.8 Å². The van der Waals surface area contributed by atoms with Crippen LogP contribution in [0.4, 0.5) is 5.69 Å². The van der Waals surface area contributed by atoms with E-state index in [4.69, 9.17) is 0 Å². The largest absolute Gasteiger partial charge is 0.381 e. The van der Waals surface area contributed by atoms with Crippen LogP contribution in [-0.2, 0) is 0 Å². The van der Waals surface area contributed by atoms with Crippen LogP contribution < -0.4 is 5.32 Å². The number of para-hydroxylation sites is 1. The number of hydrogen-bond donors (Lipinski definition) is 1. The van der Waals surface area contributed by atoms with Gasteiger partial charge in [-0.15, -0.1) is 18.3 Å². The van der Waals surface area contributed by atoms with Crippen molar-refractivity contribution < 1.29 is 0 Å². The minimum atomic E-state index is 0.419. The van der Waals surface area contributed by atoms with Crippen molar-refractivity contribution in [1.29, 1.82) is 0 Å². The predicted octanol–water partition coefficient (Wildman–Crippen LogP) is 5.98. The van der Waals surface area contributed by atoms with Gasteiger partial charge in [-0.1, -0.05) is 45.9 Å². The lowest BCUT2D eigenvalue weighted by Crippen LogP contribution is -2.40. The summed E-state index contributed by atoms with van der Waals surface area (Å²) in [4.78, 5) is 1.33. The van der Waals surface area contributed by atoms with Crippen LogP contribution in [0.25, 0.3) is 0 Å². The van der Waals surface area contributed by atoms with Gasteiger partial charge in [0.1, 0.15) is 0 Å². The Morgan fingerprint density at radius 2 is 1.81 bits per heavy atom. The Morgan fingerprint density at radius 3 is 2.43 bits per heavy atom. The summed E-state index contributed by atoms with van der Waals surface area (Å²) in [6, 6.07) is 9.22. The average molecular weight is 304 g/mol. The van der Waals surface area contributed by atoms with Crippen LogP contribution in [0.2, 0.25) is 0 Å². The quantitative estimate of drug-likeness (QED) is 0.530. The Bertz CT molecular complexity index is 474. The Hall–Kier alpha value is -0.890. The molecule has 0 aliphatic heterocycles. The second-order valence-electron chi connectivity index (χ2n) is 7.85. The highest BCUT2D eigenvalue weighted by Gasteiger charge is 2.38. The summed E-state index contributed by atoms with van der Waals surface area (Å²) >= 11 is 1.85. The van der Waals surface area contributed by atoms with Crippen molar-refractivity contribution in [2.45, 2.75) is 57.9 Å². The lowest BCUT2D eigenvalue weighted by atomic mass is 9.63. The van der Waals surface area contributed by atoms with Crippen molar-refractivity contribution in [3.8, 4) is 0 Å². The van der Waals surface area contributed by atoms with Crippen molar-refractivity contribution in [1.82, 2.24) is 0 Å². The summed E-state index contributed by atoms with van der Waals surface area (Å²) < 4.78 is 0. The van der Waals surface area contributed by atoms with Gasteiger partial charge in [0.2, 0.25) is 0 Å². The van der Waals surface area contributed by atoms with E-state index in [2.05, 4.69) is 63.9 Å². The molecule has 0 saturated heterocycles. The molecule has 116 valence electrons. The fraction of sp³-hybridized carbons (Fsp3) is 0.579. The van der Waals surface area contributed by atoms with Crippen LogP contribution >= 0.6 is 11.8 Å². The van der Waals surface area contributed by atoms with Gasteiger partial charge in [-0.2, -0.15) is 0 Å². The van der Waals surface area contributed by atoms with Crippen molar-refractivity contribution in [2.24, 2.45) is 10.8 Å². The molecule has 0 aromatic heterocycles. The van der Waals surface area contributed by atoms with Gasteiger partial charge in [-0.25, -0.2) is 0 Å². The van der Waals surface area contributed by atoms with E-state index >= 15 is 0 Å². The third-order valence-corrected chi connectivity index (χ3v) is 5.23. The smallest absolute Gasteiger partial charge is 0.0480 e. The summed E-state index contributed by atoms with van der Waals surface area (Å²) in [7, 11) is 0. The van der Waals surface area contributed by atoms with Gasteiger partial charge in [-0.05, 0) is 42.2 Å². The molecule has 1 N–H and O–H groups in total. The SMILES string of the molecule is C=CCSc1ccccc1NC1CC(C)(C)CC(C)(C)C1. The third kappa shape index (κ3) is 4.81. The molecule has 1 aliphatic rings. The molecular weight excluding hydrogens is 274 g/mol. The molecule has 1 fully saturated rings. The van der Waals surface area contributed by atoms with Crippen LogP contribution in [0.5, 0.6) is 0 Å². The first kappa shape index (κ1) is 16.5. The number of benzene rings is 1. The summed E-state index contributed by atoms with van der Waals surface area (Å²) in [5.74, 6) is 0.959. The van der Waals surface area contributed by atoms with Crippen LogP contribution in [0.1, 0.15) is 47.0 Å². The van der Waals surface area contributed by atoms with E-state index in [1.807, 2.05) is 17.8 Å². The zero-order chi connectivity index (χ0) is 15.5. The number of rotatable bonds is 5. The predicted molar refractivity (Wildman–Crippen MR) is 96.2 cm³/mol. The van der Waals surface area contributed by atoms with Gasteiger partial charge in [0.25, 0.3) is 0 Å². The Balaban J connectivity index is 2.12. The zero-order valence-corrected chi connectivity index (χ0v) is 14.7. The normalized spacial score (nSPS) is 21.0. The van der Waals surface area contributed by atoms with Gasteiger partial charge in [0.15, 0.2) is 0 Å². The van der Waals surface area contributed by atoms with Crippen molar-refractivity contribution in [3.63, 3.8) is 0 Å². The molecule has 0 spiro atoms. The maximum Gasteiger partial charge on any atom is 0.0480 e. The number of anilines is 1. The standard InChI is InChI=1S/C19H29NS/c1-6-11-21-17-10-8-7-9-16(17)20-15-12-18(2,3)14-19(4,5)13-15/h6-10,15,20H,1,11-14H2,2-5H3. The topological polar surface area (TPSA) is 12.0 Å². The average Bonchev–Trinajstić information content (AvgIpc) is 2.34. The molecule has 0 unspecified atom stereocenters. The third-order valence-electron chi connectivity index (χ3n) is 4.16. The summed E-state index contributed by atoms with van der Waals surface area (Å²) in [6.07, 6.45) is 5.77. The highest BCUT2D eigenvalue weighted by atomic mass is 32.2. The fourth-order valence-electron chi connectivity index (χ4n) is 4.03. The molecule has 1 aromatic rings. The van der Waals surface area contributed by atoms with Crippen molar-refractivity contribution >= 4 is 17.4 Å². The van der Waals surface area contributed by atoms with Gasteiger partial charge < -0.3 is 5.32 Å². The first-order valence-corrected chi connectivity index (χ1v) is 8.89. The van der Waals surface area contributed by atoms with E-state index in [9.17, 15) is 0 Å². The molecule has 21 heavy (non-hydrogen) atoms. The molecular formula is C19H29NS. The molecule has 0 amide bonds. The molecule has 1 aliphatic carbocycles. The van der Waals surface area contributed by atoms with E-state index < -0.39 is 0 Å². The van der Waals surface area contributed by atoms with Crippen molar-refractivity contribution in [2.75, 3.05) is 11.1 Å². The maximum absolute atomic E-state index is 3.82. The number of hydrogen-bond acceptors (Lipinski definition) is 2. The van der Waals surface area contributed by atoms with Gasteiger partial charge >= 0.3 is 0 Å². The highest BCUT2D eigenvalue weighted by molar-refractivity contribution is 7.99. The van der Waals surface area contributed by atoms with E-state index in [0.717, 1.165) is 5.75 Å². The van der Waals surface area contributed by atoms with Crippen LogP contribution in [0.3, 0.4) is 0 Å². The monoisotopic (exact) mass is 303 g/mol. The van der Waals surface area contributed by atoms with Gasteiger partial charge in [-0.3, -0.25) is 0 Å². The van der Waals surface area contributed by atoms with Gasteiger partial charge in [0, 0.05) is 22.4 Å². The molecule has 0 heterocycles. The molecule has 0 radical (unpaired) electrons. The lowest BCUT2D eigenvalue weighted by molar-refractivity contribution is 0.105. The molecule has 1 aromatic carbocycles. The zero-order valence-electron chi connectivity index (χ0n) is 13.9. The summed E-state index contributed by atoms with van der Waals surface area (Å²) in [5, 5.41) is 3.81. The van der Waals surface area contributed by atoms with Crippen molar-refractivity contribution in [3.05, 3.63) is 36.9 Å². The van der Waals surface area contributed by atoms with Crippen LogP contribution in [0.15, 0.2) is 41.8 Å². The molecule has 0 atom stereocenters. The van der Waals surface area contributed by atoms with Gasteiger partial charge in [0.05, 0.1) is 0 Å². The van der Waals surface area contributed by atoms with E-state index in [0.29, 0.717) is 16.9 Å². The minimum Gasteiger partial charge on any atom is -0.381 e. The lowest BCUT2D eigenvalue weighted by Gasteiger charge is -2.45. The highest BCUT2D eigenvalue weighted by Crippen LogP contribution is 2.46. The fourth-order valence-corrected chi connectivity index (χ4v) is 4.78. The Morgan fingerprint density at radius 1 is 1.19 bits per heavy atom. The summed E-state index contributed by atoms with van der Waals surface area (Å²) in [6.45, 7) is 13.4. The molecule has 1 saturated carbocycles. The first-order valence-electron chi connectivity index (χ1n) is 7.91. The first-order chi connectivity index (χ1) is 9.81. The van der Waals surface area contributed by atoms with Crippen LogP contribution in [0, 0.1) is 10.8 Å². The number of nitrogens with one attached hydrogen (secondary N) is 1. The molecule has 0 bridgehead atoms. The second kappa shape index (κ2) is 6.48. The van der Waals surface area contributed by atoms with E-state index in [-0.39, 0.29) is 0 Å². The van der Waals surface area contributed by atoms with E-state index in [1.165, 1.54) is 29.8 Å².